The number of hydrogen-bond acceptors (Lipinski definition) is 2. The van der Waals surface area contributed by atoms with Crippen molar-refractivity contribution < 1.29 is 4.79 Å². The van der Waals surface area contributed by atoms with Crippen molar-refractivity contribution in [3.63, 3.8) is 0 Å². The average molecular weight is 310 g/mol. The van der Waals surface area contributed by atoms with Gasteiger partial charge in [-0.15, -0.1) is 0 Å². The van der Waals surface area contributed by atoms with Gasteiger partial charge in [0.1, 0.15) is 5.54 Å². The summed E-state index contributed by atoms with van der Waals surface area (Å²) in [5.41, 5.74) is 7.30. The molecule has 0 aliphatic rings. The van der Waals surface area contributed by atoms with Crippen LogP contribution in [0, 0.1) is 5.92 Å². The fraction of sp³-hybridized carbons (Fsp3) is 0.350. The Kier molecular flexibility index (Phi) is 5.56. The summed E-state index contributed by atoms with van der Waals surface area (Å²) in [6.07, 6.45) is 0. The van der Waals surface area contributed by atoms with Gasteiger partial charge in [-0.3, -0.25) is 4.79 Å². The molecule has 1 amide bonds. The molecule has 3 N–H and O–H groups in total. The van der Waals surface area contributed by atoms with Gasteiger partial charge in [0, 0.05) is 12.5 Å². The Morgan fingerprint density at radius 3 is 2.09 bits per heavy atom. The molecule has 2 rings (SSSR count). The summed E-state index contributed by atoms with van der Waals surface area (Å²) in [6.45, 7) is 6.68. The summed E-state index contributed by atoms with van der Waals surface area (Å²) in [5.74, 6) is 0.551. The third-order valence-electron chi connectivity index (χ3n) is 4.36. The first-order chi connectivity index (χ1) is 10.9. The Morgan fingerprint density at radius 1 is 1.04 bits per heavy atom. The highest BCUT2D eigenvalue weighted by atomic mass is 16.2. The van der Waals surface area contributed by atoms with Crippen LogP contribution in [-0.2, 0) is 10.3 Å². The lowest BCUT2D eigenvalue weighted by Gasteiger charge is -2.27. The lowest BCUT2D eigenvalue weighted by Crippen LogP contribution is -2.50. The molecule has 2 aromatic carbocycles. The number of nitrogens with two attached hydrogens (primary N) is 1. The largest absolute Gasteiger partial charge is 0.354 e. The monoisotopic (exact) mass is 310 g/mol. The topological polar surface area (TPSA) is 55.1 Å². The van der Waals surface area contributed by atoms with Crippen molar-refractivity contribution in [2.24, 2.45) is 11.7 Å². The molecule has 2 aromatic rings. The molecule has 3 nitrogen and oxygen atoms in total. The third-order valence-corrected chi connectivity index (χ3v) is 4.36. The normalized spacial score (nSPS) is 15.0. The van der Waals surface area contributed by atoms with Gasteiger partial charge in [-0.1, -0.05) is 74.5 Å². The van der Waals surface area contributed by atoms with Crippen LogP contribution in [0.5, 0.6) is 0 Å². The van der Waals surface area contributed by atoms with Crippen LogP contribution in [0.1, 0.15) is 37.8 Å². The number of hydrogen-bond donors (Lipinski definition) is 2. The van der Waals surface area contributed by atoms with Gasteiger partial charge in [0.05, 0.1) is 0 Å². The Hall–Kier alpha value is -2.13. The van der Waals surface area contributed by atoms with Crippen molar-refractivity contribution in [2.45, 2.75) is 32.2 Å². The van der Waals surface area contributed by atoms with Crippen LogP contribution >= 0.6 is 0 Å². The molecular formula is C20H26N2O. The van der Waals surface area contributed by atoms with Crippen LogP contribution in [0.2, 0.25) is 0 Å². The van der Waals surface area contributed by atoms with Crippen molar-refractivity contribution in [3.05, 3.63) is 71.8 Å². The molecular weight excluding hydrogens is 284 g/mol. The van der Waals surface area contributed by atoms with Crippen LogP contribution in [0.15, 0.2) is 60.7 Å². The Bertz CT molecular complexity index is 621. The molecule has 3 heteroatoms. The summed E-state index contributed by atoms with van der Waals surface area (Å²) < 4.78 is 0. The number of amides is 1. The fourth-order valence-corrected chi connectivity index (χ4v) is 2.74. The summed E-state index contributed by atoms with van der Waals surface area (Å²) in [7, 11) is 0. The highest BCUT2D eigenvalue weighted by Gasteiger charge is 2.30. The van der Waals surface area contributed by atoms with Crippen LogP contribution in [0.25, 0.3) is 0 Å². The van der Waals surface area contributed by atoms with Gasteiger partial charge in [-0.25, -0.2) is 0 Å². The van der Waals surface area contributed by atoms with E-state index in [1.165, 1.54) is 5.56 Å². The molecule has 0 aliphatic heterocycles. The lowest BCUT2D eigenvalue weighted by molar-refractivity contribution is -0.126. The first kappa shape index (κ1) is 17.2. The van der Waals surface area contributed by atoms with Gasteiger partial charge in [-0.05, 0) is 24.0 Å². The van der Waals surface area contributed by atoms with E-state index in [0.29, 0.717) is 12.5 Å². The lowest BCUT2D eigenvalue weighted by atomic mass is 9.87. The second-order valence-electron chi connectivity index (χ2n) is 6.54. The highest BCUT2D eigenvalue weighted by Crippen LogP contribution is 2.24. The third kappa shape index (κ3) is 4.20. The van der Waals surface area contributed by atoms with E-state index in [2.05, 4.69) is 31.3 Å². The van der Waals surface area contributed by atoms with Gasteiger partial charge >= 0.3 is 0 Å². The predicted molar refractivity (Wildman–Crippen MR) is 95.0 cm³/mol. The minimum absolute atomic E-state index is 0.148. The van der Waals surface area contributed by atoms with Gasteiger partial charge < -0.3 is 11.1 Å². The zero-order valence-corrected chi connectivity index (χ0v) is 14.1. The highest BCUT2D eigenvalue weighted by molar-refractivity contribution is 5.87. The molecule has 2 atom stereocenters. The SMILES string of the molecule is CC(C)C(CNC(=O)C(C)(N)c1ccccc1)c1ccccc1. The number of rotatable bonds is 6. The van der Waals surface area contributed by atoms with Crippen LogP contribution in [0.3, 0.4) is 0 Å². The van der Waals surface area contributed by atoms with E-state index >= 15 is 0 Å². The van der Waals surface area contributed by atoms with Crippen molar-refractivity contribution in [3.8, 4) is 0 Å². The minimum Gasteiger partial charge on any atom is -0.354 e. The summed E-state index contributed by atoms with van der Waals surface area (Å²) in [4.78, 5) is 12.6. The smallest absolute Gasteiger partial charge is 0.244 e. The molecule has 0 aliphatic carbocycles. The molecule has 23 heavy (non-hydrogen) atoms. The first-order valence-corrected chi connectivity index (χ1v) is 8.10. The van der Waals surface area contributed by atoms with Crippen LogP contribution in [-0.4, -0.2) is 12.5 Å². The summed E-state index contributed by atoms with van der Waals surface area (Å²) in [6, 6.07) is 19.8. The molecule has 0 bridgehead atoms. The van der Waals surface area contributed by atoms with E-state index in [1.54, 1.807) is 6.92 Å². The molecule has 0 heterocycles. The molecule has 0 saturated carbocycles. The second kappa shape index (κ2) is 7.42. The maximum absolute atomic E-state index is 12.6. The Labute approximate surface area is 138 Å². The maximum atomic E-state index is 12.6. The fourth-order valence-electron chi connectivity index (χ4n) is 2.74. The maximum Gasteiger partial charge on any atom is 0.244 e. The molecule has 2 unspecified atom stereocenters. The van der Waals surface area contributed by atoms with Crippen molar-refractivity contribution in [1.29, 1.82) is 0 Å². The van der Waals surface area contributed by atoms with Crippen molar-refractivity contribution in [1.82, 2.24) is 5.32 Å². The van der Waals surface area contributed by atoms with Gasteiger partial charge in [0.2, 0.25) is 5.91 Å². The van der Waals surface area contributed by atoms with E-state index in [9.17, 15) is 4.79 Å². The molecule has 0 aromatic heterocycles. The predicted octanol–water partition coefficient (Wildman–Crippen LogP) is 3.42. The second-order valence-corrected chi connectivity index (χ2v) is 6.54. The van der Waals surface area contributed by atoms with E-state index in [4.69, 9.17) is 5.73 Å². The number of carbonyl (C=O) groups excluding carboxylic acids is 1. The van der Waals surface area contributed by atoms with Gasteiger partial charge in [0.25, 0.3) is 0 Å². The molecule has 0 saturated heterocycles. The molecule has 122 valence electrons. The van der Waals surface area contributed by atoms with E-state index in [1.807, 2.05) is 48.5 Å². The quantitative estimate of drug-likeness (QED) is 0.859. The zero-order valence-electron chi connectivity index (χ0n) is 14.1. The van der Waals surface area contributed by atoms with Crippen molar-refractivity contribution in [2.75, 3.05) is 6.54 Å². The Morgan fingerprint density at radius 2 is 1.57 bits per heavy atom. The first-order valence-electron chi connectivity index (χ1n) is 8.10. The van der Waals surface area contributed by atoms with E-state index in [-0.39, 0.29) is 11.8 Å². The standard InChI is InChI=1S/C20H26N2O/c1-15(2)18(16-10-6-4-7-11-16)14-22-19(23)20(3,21)17-12-8-5-9-13-17/h4-13,15,18H,14,21H2,1-3H3,(H,22,23). The van der Waals surface area contributed by atoms with Crippen LogP contribution in [0.4, 0.5) is 0 Å². The molecule has 0 spiro atoms. The number of nitrogens with one attached hydrogen (secondary N) is 1. The van der Waals surface area contributed by atoms with Gasteiger partial charge in [-0.2, -0.15) is 0 Å². The van der Waals surface area contributed by atoms with E-state index < -0.39 is 5.54 Å². The number of carbonyl (C=O) groups is 1. The summed E-state index contributed by atoms with van der Waals surface area (Å²) >= 11 is 0. The van der Waals surface area contributed by atoms with Crippen molar-refractivity contribution >= 4 is 5.91 Å². The molecule has 0 fully saturated rings. The number of benzene rings is 2. The zero-order chi connectivity index (χ0) is 16.9. The Balaban J connectivity index is 2.07. The van der Waals surface area contributed by atoms with E-state index in [0.717, 1.165) is 5.56 Å². The van der Waals surface area contributed by atoms with Crippen LogP contribution < -0.4 is 11.1 Å². The molecule has 0 radical (unpaired) electrons. The minimum atomic E-state index is -1.03. The summed E-state index contributed by atoms with van der Waals surface area (Å²) in [5, 5.41) is 3.04. The van der Waals surface area contributed by atoms with Gasteiger partial charge in [0.15, 0.2) is 0 Å². The average Bonchev–Trinajstić information content (AvgIpc) is 2.56.